The van der Waals surface area contributed by atoms with E-state index in [9.17, 15) is 4.79 Å². The van der Waals surface area contributed by atoms with E-state index >= 15 is 0 Å². The highest BCUT2D eigenvalue weighted by atomic mass is 35.5. The molecule has 1 amide bonds. The van der Waals surface area contributed by atoms with Crippen molar-refractivity contribution in [1.29, 1.82) is 0 Å². The highest BCUT2D eigenvalue weighted by Crippen LogP contribution is 2.22. The Morgan fingerprint density at radius 2 is 1.82 bits per heavy atom. The standard InChI is InChI=1S/C13H15N3O4.C7H7Cl/c1-18-13(17)16(19-2)11-6-4-3-5-10(11)9-20-12-7-8-14-15-12;1-6-2-4-7(8)5-3-6/h3-8H,9H2,1-2H3,(H,14,15);2-5H,1H3. The van der Waals surface area contributed by atoms with E-state index in [0.29, 0.717) is 11.6 Å². The number of hydrogen-bond acceptors (Lipinski definition) is 5. The first-order chi connectivity index (χ1) is 13.5. The summed E-state index contributed by atoms with van der Waals surface area (Å²) in [5, 5.41) is 8.35. The van der Waals surface area contributed by atoms with Gasteiger partial charge in [0.15, 0.2) is 0 Å². The molecule has 3 aromatic rings. The maximum absolute atomic E-state index is 11.7. The third-order valence-corrected chi connectivity index (χ3v) is 3.85. The van der Waals surface area contributed by atoms with Crippen LogP contribution in [0, 0.1) is 6.92 Å². The molecule has 1 heterocycles. The van der Waals surface area contributed by atoms with Crippen LogP contribution in [-0.4, -0.2) is 30.5 Å². The summed E-state index contributed by atoms with van der Waals surface area (Å²) in [6, 6.07) is 16.7. The molecule has 3 rings (SSSR count). The van der Waals surface area contributed by atoms with E-state index in [1.54, 1.807) is 24.4 Å². The summed E-state index contributed by atoms with van der Waals surface area (Å²) in [5.74, 6) is 0.543. The molecule has 0 atom stereocenters. The average molecular weight is 404 g/mol. The van der Waals surface area contributed by atoms with Crippen LogP contribution in [0.15, 0.2) is 60.8 Å². The monoisotopic (exact) mass is 403 g/mol. The zero-order valence-electron chi connectivity index (χ0n) is 15.9. The van der Waals surface area contributed by atoms with Crippen molar-refractivity contribution in [3.8, 4) is 5.88 Å². The number of carbonyl (C=O) groups is 1. The van der Waals surface area contributed by atoms with Gasteiger partial charge in [-0.05, 0) is 25.1 Å². The summed E-state index contributed by atoms with van der Waals surface area (Å²) in [5.41, 5.74) is 2.57. The van der Waals surface area contributed by atoms with E-state index in [1.807, 2.05) is 43.3 Å². The Bertz CT molecular complexity index is 833. The number of H-pyrrole nitrogens is 1. The van der Waals surface area contributed by atoms with Crippen molar-refractivity contribution in [3.05, 3.63) is 76.9 Å². The predicted octanol–water partition coefficient (Wildman–Crippen LogP) is 4.77. The van der Waals surface area contributed by atoms with E-state index in [1.165, 1.54) is 19.8 Å². The number of para-hydroxylation sites is 1. The van der Waals surface area contributed by atoms with Crippen molar-refractivity contribution in [2.45, 2.75) is 13.5 Å². The SMILES string of the molecule is COC(=O)N(OC)c1ccccc1COc1ccn[nH]1.Cc1ccc(Cl)cc1. The number of anilines is 1. The van der Waals surface area contributed by atoms with Gasteiger partial charge < -0.3 is 9.47 Å². The summed E-state index contributed by atoms with van der Waals surface area (Å²) in [7, 11) is 2.68. The minimum absolute atomic E-state index is 0.259. The lowest BCUT2D eigenvalue weighted by Crippen LogP contribution is -2.30. The number of aromatic nitrogens is 2. The van der Waals surface area contributed by atoms with E-state index in [-0.39, 0.29) is 6.61 Å². The van der Waals surface area contributed by atoms with Gasteiger partial charge in [0, 0.05) is 16.7 Å². The van der Waals surface area contributed by atoms with Crippen LogP contribution in [0.2, 0.25) is 5.02 Å². The molecule has 0 unspecified atom stereocenters. The first-order valence-electron chi connectivity index (χ1n) is 8.39. The smallest absolute Gasteiger partial charge is 0.438 e. The first-order valence-corrected chi connectivity index (χ1v) is 8.77. The zero-order valence-corrected chi connectivity index (χ0v) is 16.6. The number of carbonyl (C=O) groups excluding carboxylic acids is 1. The van der Waals surface area contributed by atoms with Gasteiger partial charge in [0.05, 0.1) is 26.1 Å². The summed E-state index contributed by atoms with van der Waals surface area (Å²) in [6.45, 7) is 2.30. The molecule has 0 bridgehead atoms. The van der Waals surface area contributed by atoms with Crippen molar-refractivity contribution in [1.82, 2.24) is 10.2 Å². The summed E-state index contributed by atoms with van der Waals surface area (Å²) < 4.78 is 10.2. The van der Waals surface area contributed by atoms with Gasteiger partial charge in [-0.2, -0.15) is 10.2 Å². The second-order valence-electron chi connectivity index (χ2n) is 5.58. The minimum Gasteiger partial charge on any atom is -0.473 e. The summed E-state index contributed by atoms with van der Waals surface area (Å²) in [4.78, 5) is 16.7. The van der Waals surface area contributed by atoms with E-state index in [2.05, 4.69) is 14.9 Å². The molecular weight excluding hydrogens is 382 g/mol. The quantitative estimate of drug-likeness (QED) is 0.621. The minimum atomic E-state index is -0.610. The number of nitrogens with one attached hydrogen (secondary N) is 1. The fourth-order valence-corrected chi connectivity index (χ4v) is 2.32. The van der Waals surface area contributed by atoms with Crippen LogP contribution in [0.3, 0.4) is 0 Å². The van der Waals surface area contributed by atoms with Crippen molar-refractivity contribution >= 4 is 23.4 Å². The predicted molar refractivity (Wildman–Crippen MR) is 107 cm³/mol. The topological polar surface area (TPSA) is 76.7 Å². The number of ether oxygens (including phenoxy) is 2. The van der Waals surface area contributed by atoms with Gasteiger partial charge in [-0.15, -0.1) is 0 Å². The Morgan fingerprint density at radius 3 is 2.39 bits per heavy atom. The molecule has 1 aromatic heterocycles. The fraction of sp³-hybridized carbons (Fsp3) is 0.200. The number of methoxy groups -OCH3 is 1. The van der Waals surface area contributed by atoms with E-state index in [4.69, 9.17) is 21.2 Å². The number of benzene rings is 2. The number of nitrogens with zero attached hydrogens (tertiary/aromatic N) is 2. The molecule has 0 aliphatic heterocycles. The zero-order chi connectivity index (χ0) is 20.4. The maximum atomic E-state index is 11.7. The highest BCUT2D eigenvalue weighted by molar-refractivity contribution is 6.30. The molecule has 8 heteroatoms. The maximum Gasteiger partial charge on any atom is 0.438 e. The van der Waals surface area contributed by atoms with Gasteiger partial charge in [-0.1, -0.05) is 47.5 Å². The molecular formula is C20H22ClN3O4. The Morgan fingerprint density at radius 1 is 1.11 bits per heavy atom. The van der Waals surface area contributed by atoms with Gasteiger partial charge in [0.25, 0.3) is 0 Å². The second-order valence-corrected chi connectivity index (χ2v) is 6.02. The Kier molecular flexibility index (Phi) is 8.33. The molecule has 0 aliphatic rings. The van der Waals surface area contributed by atoms with Crippen LogP contribution >= 0.6 is 11.6 Å². The van der Waals surface area contributed by atoms with E-state index < -0.39 is 6.09 Å². The third-order valence-electron chi connectivity index (χ3n) is 3.60. The number of rotatable bonds is 5. The van der Waals surface area contributed by atoms with Crippen LogP contribution in [0.1, 0.15) is 11.1 Å². The molecule has 0 aliphatic carbocycles. The lowest BCUT2D eigenvalue weighted by Gasteiger charge is -2.20. The van der Waals surface area contributed by atoms with Gasteiger partial charge in [0.2, 0.25) is 5.88 Å². The Balaban J connectivity index is 0.000000292. The van der Waals surface area contributed by atoms with Crippen molar-refractivity contribution in [2.75, 3.05) is 19.3 Å². The normalized spacial score (nSPS) is 9.86. The molecule has 148 valence electrons. The molecule has 28 heavy (non-hydrogen) atoms. The van der Waals surface area contributed by atoms with Crippen molar-refractivity contribution < 1.29 is 19.1 Å². The Labute approximate surface area is 168 Å². The largest absolute Gasteiger partial charge is 0.473 e. The number of hydroxylamine groups is 1. The molecule has 0 saturated carbocycles. The van der Waals surface area contributed by atoms with Crippen LogP contribution in [-0.2, 0) is 16.2 Å². The molecule has 7 nitrogen and oxygen atoms in total. The van der Waals surface area contributed by atoms with E-state index in [0.717, 1.165) is 15.6 Å². The number of aromatic amines is 1. The first kappa shape index (κ1) is 21.3. The van der Waals surface area contributed by atoms with Crippen molar-refractivity contribution in [3.63, 3.8) is 0 Å². The number of halogens is 1. The summed E-state index contributed by atoms with van der Waals surface area (Å²) >= 11 is 5.61. The molecule has 0 saturated heterocycles. The average Bonchev–Trinajstić information content (AvgIpc) is 3.24. The third kappa shape index (κ3) is 6.29. The lowest BCUT2D eigenvalue weighted by atomic mass is 10.2. The van der Waals surface area contributed by atoms with Crippen LogP contribution in [0.4, 0.5) is 10.5 Å². The number of hydrogen-bond donors (Lipinski definition) is 1. The number of amides is 1. The molecule has 0 spiro atoms. The van der Waals surface area contributed by atoms with Crippen LogP contribution in [0.25, 0.3) is 0 Å². The van der Waals surface area contributed by atoms with Gasteiger partial charge >= 0.3 is 6.09 Å². The second kappa shape index (κ2) is 11.0. The van der Waals surface area contributed by atoms with Crippen LogP contribution < -0.4 is 9.80 Å². The van der Waals surface area contributed by atoms with Gasteiger partial charge in [0.1, 0.15) is 6.61 Å². The fourth-order valence-electron chi connectivity index (χ4n) is 2.20. The molecule has 2 aromatic carbocycles. The molecule has 1 N–H and O–H groups in total. The van der Waals surface area contributed by atoms with Gasteiger partial charge in [-0.25, -0.2) is 9.89 Å². The summed E-state index contributed by atoms with van der Waals surface area (Å²) in [6.07, 6.45) is 0.985. The lowest BCUT2D eigenvalue weighted by molar-refractivity contribution is 0.115. The molecule has 0 radical (unpaired) electrons. The molecule has 0 fully saturated rings. The van der Waals surface area contributed by atoms with Crippen molar-refractivity contribution in [2.24, 2.45) is 0 Å². The van der Waals surface area contributed by atoms with Gasteiger partial charge in [-0.3, -0.25) is 4.84 Å². The van der Waals surface area contributed by atoms with Crippen LogP contribution in [0.5, 0.6) is 5.88 Å². The Hall–Kier alpha value is -3.03. The highest BCUT2D eigenvalue weighted by Gasteiger charge is 2.19. The number of aryl methyl sites for hydroxylation is 1.